The lowest BCUT2D eigenvalue weighted by Gasteiger charge is -2.17. The standard InChI is InChI=1S/C15H24INO3/c1-4-19-14-9-12(10-17-6-5-7-18)8-13(16)15(14)20-11(2)3/h8-9,11,17-18H,4-7,10H2,1-3H3/p+1. The van der Waals surface area contributed by atoms with E-state index in [9.17, 15) is 0 Å². The summed E-state index contributed by atoms with van der Waals surface area (Å²) in [5, 5.41) is 11.0. The van der Waals surface area contributed by atoms with Gasteiger partial charge in [-0.2, -0.15) is 0 Å². The van der Waals surface area contributed by atoms with Crippen molar-refractivity contribution in [2.45, 2.75) is 39.8 Å². The summed E-state index contributed by atoms with van der Waals surface area (Å²) < 4.78 is 12.6. The molecule has 0 amide bonds. The minimum Gasteiger partial charge on any atom is -0.490 e. The fourth-order valence-electron chi connectivity index (χ4n) is 1.86. The fourth-order valence-corrected chi connectivity index (χ4v) is 2.65. The highest BCUT2D eigenvalue weighted by Crippen LogP contribution is 2.34. The molecule has 20 heavy (non-hydrogen) atoms. The van der Waals surface area contributed by atoms with Gasteiger partial charge in [-0.25, -0.2) is 0 Å². The maximum Gasteiger partial charge on any atom is 0.174 e. The highest BCUT2D eigenvalue weighted by Gasteiger charge is 2.14. The van der Waals surface area contributed by atoms with E-state index in [-0.39, 0.29) is 12.7 Å². The molecule has 0 aliphatic carbocycles. The molecule has 5 heteroatoms. The number of aliphatic hydroxyl groups is 1. The van der Waals surface area contributed by atoms with Crippen LogP contribution < -0.4 is 14.8 Å². The van der Waals surface area contributed by atoms with Crippen molar-refractivity contribution < 1.29 is 19.9 Å². The van der Waals surface area contributed by atoms with E-state index in [1.54, 1.807) is 0 Å². The van der Waals surface area contributed by atoms with Crippen LogP contribution in [0.1, 0.15) is 32.8 Å². The average molecular weight is 394 g/mol. The molecule has 0 radical (unpaired) electrons. The quantitative estimate of drug-likeness (QED) is 0.497. The largest absolute Gasteiger partial charge is 0.490 e. The summed E-state index contributed by atoms with van der Waals surface area (Å²) in [5.41, 5.74) is 1.21. The number of nitrogens with two attached hydrogens (primary N) is 1. The number of hydrogen-bond donors (Lipinski definition) is 2. The number of halogens is 1. The summed E-state index contributed by atoms with van der Waals surface area (Å²) in [4.78, 5) is 0. The van der Waals surface area contributed by atoms with Gasteiger partial charge in [0.25, 0.3) is 0 Å². The Morgan fingerprint density at radius 1 is 1.35 bits per heavy atom. The molecule has 0 fully saturated rings. The van der Waals surface area contributed by atoms with Gasteiger partial charge in [-0.3, -0.25) is 0 Å². The zero-order valence-corrected chi connectivity index (χ0v) is 14.6. The lowest BCUT2D eigenvalue weighted by atomic mass is 10.2. The predicted molar refractivity (Wildman–Crippen MR) is 88.3 cm³/mol. The zero-order valence-electron chi connectivity index (χ0n) is 12.5. The third-order valence-electron chi connectivity index (χ3n) is 2.67. The molecule has 1 rings (SSSR count). The van der Waals surface area contributed by atoms with Crippen LogP contribution >= 0.6 is 22.6 Å². The molecule has 0 aliphatic rings. The number of rotatable bonds is 9. The normalized spacial score (nSPS) is 10.9. The van der Waals surface area contributed by atoms with Gasteiger partial charge in [-0.1, -0.05) is 0 Å². The van der Waals surface area contributed by atoms with Gasteiger partial charge < -0.3 is 19.9 Å². The van der Waals surface area contributed by atoms with Crippen LogP contribution in [0.2, 0.25) is 0 Å². The van der Waals surface area contributed by atoms with E-state index in [1.165, 1.54) is 5.56 Å². The van der Waals surface area contributed by atoms with E-state index in [0.717, 1.165) is 34.6 Å². The Morgan fingerprint density at radius 3 is 2.70 bits per heavy atom. The predicted octanol–water partition coefficient (Wildman–Crippen LogP) is 1.92. The molecular weight excluding hydrogens is 369 g/mol. The third-order valence-corrected chi connectivity index (χ3v) is 3.47. The van der Waals surface area contributed by atoms with Gasteiger partial charge in [-0.05, 0) is 55.5 Å². The topological polar surface area (TPSA) is 55.3 Å². The van der Waals surface area contributed by atoms with Crippen LogP contribution in [-0.4, -0.2) is 31.0 Å². The second-order valence-corrected chi connectivity index (χ2v) is 6.03. The van der Waals surface area contributed by atoms with Gasteiger partial charge in [0.1, 0.15) is 6.54 Å². The molecule has 3 N–H and O–H groups in total. The van der Waals surface area contributed by atoms with E-state index in [4.69, 9.17) is 14.6 Å². The van der Waals surface area contributed by atoms with Crippen molar-refractivity contribution in [3.05, 3.63) is 21.3 Å². The Labute approximate surface area is 135 Å². The monoisotopic (exact) mass is 394 g/mol. The molecule has 0 heterocycles. The van der Waals surface area contributed by atoms with Crippen LogP contribution in [0, 0.1) is 3.57 Å². The fraction of sp³-hybridized carbons (Fsp3) is 0.600. The first kappa shape index (κ1) is 17.5. The van der Waals surface area contributed by atoms with Crippen molar-refractivity contribution in [2.75, 3.05) is 19.8 Å². The molecule has 0 unspecified atom stereocenters. The second-order valence-electron chi connectivity index (χ2n) is 4.86. The van der Waals surface area contributed by atoms with Crippen LogP contribution in [0.25, 0.3) is 0 Å². The van der Waals surface area contributed by atoms with Crippen LogP contribution in [0.5, 0.6) is 11.5 Å². The molecule has 1 aromatic carbocycles. The summed E-state index contributed by atoms with van der Waals surface area (Å²) in [5.74, 6) is 1.65. The molecule has 0 atom stereocenters. The van der Waals surface area contributed by atoms with Gasteiger partial charge in [0.15, 0.2) is 11.5 Å². The Kier molecular flexibility index (Phi) is 8.25. The van der Waals surface area contributed by atoms with E-state index in [1.807, 2.05) is 20.8 Å². The van der Waals surface area contributed by atoms with E-state index < -0.39 is 0 Å². The number of benzene rings is 1. The van der Waals surface area contributed by atoms with Crippen molar-refractivity contribution >= 4 is 22.6 Å². The van der Waals surface area contributed by atoms with Crippen LogP contribution in [0.4, 0.5) is 0 Å². The maximum atomic E-state index is 8.78. The summed E-state index contributed by atoms with van der Waals surface area (Å²) >= 11 is 2.29. The van der Waals surface area contributed by atoms with Crippen molar-refractivity contribution in [2.24, 2.45) is 0 Å². The SMILES string of the molecule is CCOc1cc(C[NH2+]CCCO)cc(I)c1OC(C)C. The molecule has 114 valence electrons. The second kappa shape index (κ2) is 9.41. The van der Waals surface area contributed by atoms with Crippen molar-refractivity contribution in [3.63, 3.8) is 0 Å². The van der Waals surface area contributed by atoms with E-state index in [0.29, 0.717) is 6.61 Å². The van der Waals surface area contributed by atoms with Gasteiger partial charge >= 0.3 is 0 Å². The minimum atomic E-state index is 0.129. The smallest absolute Gasteiger partial charge is 0.174 e. The van der Waals surface area contributed by atoms with Crippen LogP contribution in [-0.2, 0) is 6.54 Å². The Bertz CT molecular complexity index is 410. The van der Waals surface area contributed by atoms with Gasteiger partial charge in [0, 0.05) is 18.6 Å². The third kappa shape index (κ3) is 5.85. The van der Waals surface area contributed by atoms with Crippen molar-refractivity contribution in [1.29, 1.82) is 0 Å². The lowest BCUT2D eigenvalue weighted by Crippen LogP contribution is -2.82. The number of quaternary nitrogens is 1. The van der Waals surface area contributed by atoms with E-state index in [2.05, 4.69) is 40.0 Å². The minimum absolute atomic E-state index is 0.129. The summed E-state index contributed by atoms with van der Waals surface area (Å²) in [6.45, 7) is 8.71. The summed E-state index contributed by atoms with van der Waals surface area (Å²) in [7, 11) is 0. The Morgan fingerprint density at radius 2 is 2.10 bits per heavy atom. The molecule has 0 aliphatic heterocycles. The first-order chi connectivity index (χ1) is 9.58. The summed E-state index contributed by atoms with van der Waals surface area (Å²) in [6.07, 6.45) is 0.953. The van der Waals surface area contributed by atoms with Gasteiger partial charge in [0.05, 0.1) is 22.8 Å². The van der Waals surface area contributed by atoms with Crippen molar-refractivity contribution in [1.82, 2.24) is 0 Å². The molecular formula is C15H25INO3+. The van der Waals surface area contributed by atoms with Crippen molar-refractivity contribution in [3.8, 4) is 11.5 Å². The first-order valence-corrected chi connectivity index (χ1v) is 8.20. The molecule has 0 saturated heterocycles. The first-order valence-electron chi connectivity index (χ1n) is 7.12. The lowest BCUT2D eigenvalue weighted by molar-refractivity contribution is -0.671. The molecule has 0 aromatic heterocycles. The molecule has 0 spiro atoms. The number of hydrogen-bond acceptors (Lipinski definition) is 3. The zero-order chi connectivity index (χ0) is 15.0. The van der Waals surface area contributed by atoms with E-state index >= 15 is 0 Å². The maximum absolute atomic E-state index is 8.78. The highest BCUT2D eigenvalue weighted by atomic mass is 127. The van der Waals surface area contributed by atoms with Gasteiger partial charge in [-0.15, -0.1) is 0 Å². The Hall–Kier alpha value is -0.530. The molecule has 4 nitrogen and oxygen atoms in total. The van der Waals surface area contributed by atoms with Crippen LogP contribution in [0.15, 0.2) is 12.1 Å². The number of aliphatic hydroxyl groups excluding tert-OH is 1. The summed E-state index contributed by atoms with van der Waals surface area (Å²) in [6, 6.07) is 4.19. The molecule has 0 saturated carbocycles. The molecule has 1 aromatic rings. The molecule has 0 bridgehead atoms. The van der Waals surface area contributed by atoms with Crippen LogP contribution in [0.3, 0.4) is 0 Å². The number of ether oxygens (including phenoxy) is 2. The Balaban J connectivity index is 2.83. The van der Waals surface area contributed by atoms with Gasteiger partial charge in [0.2, 0.25) is 0 Å². The average Bonchev–Trinajstić information content (AvgIpc) is 2.39. The highest BCUT2D eigenvalue weighted by molar-refractivity contribution is 14.1.